The third-order valence-electron chi connectivity index (χ3n) is 5.87. The van der Waals surface area contributed by atoms with Gasteiger partial charge >= 0.3 is 5.97 Å². The molecule has 1 amide bonds. The quantitative estimate of drug-likeness (QED) is 0.487. The Labute approximate surface area is 190 Å². The van der Waals surface area contributed by atoms with E-state index in [9.17, 15) is 23.5 Å². The molecule has 0 unspecified atom stereocenters. The van der Waals surface area contributed by atoms with Crippen molar-refractivity contribution in [3.05, 3.63) is 83.9 Å². The zero-order chi connectivity index (χ0) is 23.4. The van der Waals surface area contributed by atoms with E-state index in [2.05, 4.69) is 5.32 Å². The minimum atomic E-state index is -0.928. The van der Waals surface area contributed by atoms with Gasteiger partial charge in [-0.3, -0.25) is 9.59 Å². The second-order valence-electron chi connectivity index (χ2n) is 8.11. The van der Waals surface area contributed by atoms with Crippen molar-refractivity contribution in [1.29, 1.82) is 0 Å². The van der Waals surface area contributed by atoms with Gasteiger partial charge in [0.05, 0.1) is 11.8 Å². The molecule has 170 valence electrons. The standard InChI is InChI=1S/C26H23F2NO4/c27-18-9-12-21(24(28)14-18)17-7-10-20(11-8-17)33-15-16-3-1-4-19(13-16)29-25(30)22-5-2-6-23(22)26(31)32/h1,3-4,7-14,22-23H,2,5-6,15H2,(H,29,30)(H,31,32)/t22-,23-/m0/s1. The number of hydrogen-bond donors (Lipinski definition) is 2. The molecule has 2 atom stereocenters. The molecule has 1 saturated carbocycles. The van der Waals surface area contributed by atoms with Gasteiger partial charge in [0.1, 0.15) is 24.0 Å². The van der Waals surface area contributed by atoms with Crippen molar-refractivity contribution >= 4 is 17.6 Å². The highest BCUT2D eigenvalue weighted by atomic mass is 19.1. The third-order valence-corrected chi connectivity index (χ3v) is 5.87. The van der Waals surface area contributed by atoms with Gasteiger partial charge in [-0.1, -0.05) is 30.7 Å². The van der Waals surface area contributed by atoms with Crippen LogP contribution in [0.5, 0.6) is 5.75 Å². The van der Waals surface area contributed by atoms with E-state index in [1.54, 1.807) is 42.5 Å². The van der Waals surface area contributed by atoms with Crippen LogP contribution in [0.1, 0.15) is 24.8 Å². The van der Waals surface area contributed by atoms with Gasteiger partial charge in [-0.25, -0.2) is 8.78 Å². The second kappa shape index (κ2) is 9.81. The first-order chi connectivity index (χ1) is 15.9. The van der Waals surface area contributed by atoms with Gasteiger partial charge < -0.3 is 15.2 Å². The largest absolute Gasteiger partial charge is 0.489 e. The summed E-state index contributed by atoms with van der Waals surface area (Å²) in [7, 11) is 0. The van der Waals surface area contributed by atoms with Gasteiger partial charge in [0.2, 0.25) is 5.91 Å². The van der Waals surface area contributed by atoms with Crippen LogP contribution in [0.4, 0.5) is 14.5 Å². The molecule has 2 N–H and O–H groups in total. The smallest absolute Gasteiger partial charge is 0.307 e. The Morgan fingerprint density at radius 3 is 2.45 bits per heavy atom. The molecule has 1 fully saturated rings. The molecule has 3 aromatic rings. The molecule has 1 aliphatic rings. The van der Waals surface area contributed by atoms with Crippen molar-refractivity contribution in [3.63, 3.8) is 0 Å². The maximum atomic E-state index is 14.0. The Bertz CT molecular complexity index is 1160. The fourth-order valence-electron chi connectivity index (χ4n) is 4.16. The van der Waals surface area contributed by atoms with Crippen LogP contribution in [0.2, 0.25) is 0 Å². The van der Waals surface area contributed by atoms with E-state index in [1.807, 2.05) is 6.07 Å². The van der Waals surface area contributed by atoms with Crippen LogP contribution in [0.15, 0.2) is 66.7 Å². The molecule has 0 aliphatic heterocycles. The SMILES string of the molecule is O=C(O)[C@H]1CCC[C@@H]1C(=O)Nc1cccc(COc2ccc(-c3ccc(F)cc3F)cc2)c1. The number of anilines is 1. The van der Waals surface area contributed by atoms with Crippen LogP contribution >= 0.6 is 0 Å². The lowest BCUT2D eigenvalue weighted by molar-refractivity contribution is -0.145. The molecule has 0 spiro atoms. The van der Waals surface area contributed by atoms with Gasteiger partial charge in [0, 0.05) is 17.3 Å². The number of ether oxygens (including phenoxy) is 1. The zero-order valence-electron chi connectivity index (χ0n) is 17.8. The molecule has 3 aromatic carbocycles. The highest BCUT2D eigenvalue weighted by molar-refractivity contribution is 5.95. The van der Waals surface area contributed by atoms with Crippen LogP contribution in [-0.2, 0) is 16.2 Å². The number of carboxylic acids is 1. The number of nitrogens with one attached hydrogen (secondary N) is 1. The Morgan fingerprint density at radius 1 is 0.970 bits per heavy atom. The molecule has 4 rings (SSSR count). The maximum absolute atomic E-state index is 14.0. The minimum absolute atomic E-state index is 0.245. The van der Waals surface area contributed by atoms with Gasteiger partial charge in [-0.15, -0.1) is 0 Å². The van der Waals surface area contributed by atoms with Crippen LogP contribution in [0.3, 0.4) is 0 Å². The fourth-order valence-corrected chi connectivity index (χ4v) is 4.16. The predicted molar refractivity (Wildman–Crippen MR) is 120 cm³/mol. The van der Waals surface area contributed by atoms with E-state index in [-0.39, 0.29) is 12.5 Å². The van der Waals surface area contributed by atoms with E-state index in [1.165, 1.54) is 12.1 Å². The average Bonchev–Trinajstić information content (AvgIpc) is 3.29. The van der Waals surface area contributed by atoms with Crippen LogP contribution in [0.25, 0.3) is 11.1 Å². The van der Waals surface area contributed by atoms with Gasteiger partial charge in [0.15, 0.2) is 0 Å². The van der Waals surface area contributed by atoms with Gasteiger partial charge in [0.25, 0.3) is 0 Å². The van der Waals surface area contributed by atoms with E-state index in [4.69, 9.17) is 4.74 Å². The predicted octanol–water partition coefficient (Wildman–Crippen LogP) is 5.65. The summed E-state index contributed by atoms with van der Waals surface area (Å²) in [5, 5.41) is 12.1. The lowest BCUT2D eigenvalue weighted by atomic mass is 9.95. The number of benzene rings is 3. The topological polar surface area (TPSA) is 75.6 Å². The molecular formula is C26H23F2NO4. The molecule has 7 heteroatoms. The summed E-state index contributed by atoms with van der Waals surface area (Å²) in [5.41, 5.74) is 2.32. The molecule has 0 radical (unpaired) electrons. The highest BCUT2D eigenvalue weighted by Crippen LogP contribution is 2.33. The molecule has 5 nitrogen and oxygen atoms in total. The Hall–Kier alpha value is -3.74. The van der Waals surface area contributed by atoms with Crippen LogP contribution < -0.4 is 10.1 Å². The molecule has 1 aliphatic carbocycles. The number of aliphatic carboxylic acids is 1. The lowest BCUT2D eigenvalue weighted by Gasteiger charge is -2.16. The number of carbonyl (C=O) groups is 2. The fraction of sp³-hybridized carbons (Fsp3) is 0.231. The average molecular weight is 451 g/mol. The van der Waals surface area contributed by atoms with Crippen molar-refractivity contribution in [2.75, 3.05) is 5.32 Å². The molecule has 0 heterocycles. The van der Waals surface area contributed by atoms with E-state index < -0.39 is 29.4 Å². The number of amides is 1. The Morgan fingerprint density at radius 2 is 1.73 bits per heavy atom. The van der Waals surface area contributed by atoms with E-state index in [0.29, 0.717) is 35.4 Å². The Balaban J connectivity index is 1.37. The monoisotopic (exact) mass is 451 g/mol. The summed E-state index contributed by atoms with van der Waals surface area (Å²) in [4.78, 5) is 23.9. The van der Waals surface area contributed by atoms with Gasteiger partial charge in [-0.05, 0) is 60.4 Å². The highest BCUT2D eigenvalue weighted by Gasteiger charge is 2.37. The van der Waals surface area contributed by atoms with Gasteiger partial charge in [-0.2, -0.15) is 0 Å². The van der Waals surface area contributed by atoms with Crippen LogP contribution in [0, 0.1) is 23.5 Å². The summed E-state index contributed by atoms with van der Waals surface area (Å²) in [5.74, 6) is -3.04. The molecule has 0 saturated heterocycles. The molecule has 0 bridgehead atoms. The second-order valence-corrected chi connectivity index (χ2v) is 8.11. The number of carboxylic acid groups (broad SMARTS) is 1. The first kappa shape index (κ1) is 22.5. The van der Waals surface area contributed by atoms with E-state index >= 15 is 0 Å². The van der Waals surface area contributed by atoms with Crippen LogP contribution in [-0.4, -0.2) is 17.0 Å². The van der Waals surface area contributed by atoms with Crippen molar-refractivity contribution < 1.29 is 28.2 Å². The summed E-state index contributed by atoms with van der Waals surface area (Å²) >= 11 is 0. The first-order valence-electron chi connectivity index (χ1n) is 10.7. The number of rotatable bonds is 7. The summed E-state index contributed by atoms with van der Waals surface area (Å²) in [6.07, 6.45) is 1.83. The summed E-state index contributed by atoms with van der Waals surface area (Å²) in [6, 6.07) is 17.4. The van der Waals surface area contributed by atoms with Crippen molar-refractivity contribution in [2.45, 2.75) is 25.9 Å². The lowest BCUT2D eigenvalue weighted by Crippen LogP contribution is -2.30. The van der Waals surface area contributed by atoms with Crippen molar-refractivity contribution in [1.82, 2.24) is 0 Å². The minimum Gasteiger partial charge on any atom is -0.489 e. The third kappa shape index (κ3) is 5.37. The van der Waals surface area contributed by atoms with Crippen molar-refractivity contribution in [3.8, 4) is 16.9 Å². The normalized spacial score (nSPS) is 17.5. The molecular weight excluding hydrogens is 428 g/mol. The molecule has 33 heavy (non-hydrogen) atoms. The van der Waals surface area contributed by atoms with E-state index in [0.717, 1.165) is 18.1 Å². The number of halogens is 2. The molecule has 0 aromatic heterocycles. The van der Waals surface area contributed by atoms with Crippen molar-refractivity contribution in [2.24, 2.45) is 11.8 Å². The maximum Gasteiger partial charge on any atom is 0.307 e. The number of carbonyl (C=O) groups excluding carboxylic acids is 1. The Kier molecular flexibility index (Phi) is 6.68. The summed E-state index contributed by atoms with van der Waals surface area (Å²) < 4.78 is 32.9. The zero-order valence-corrected chi connectivity index (χ0v) is 17.8. The summed E-state index contributed by atoms with van der Waals surface area (Å²) in [6.45, 7) is 0.245. The number of hydrogen-bond acceptors (Lipinski definition) is 3. The first-order valence-corrected chi connectivity index (χ1v) is 10.7.